The van der Waals surface area contributed by atoms with Crippen molar-refractivity contribution in [1.82, 2.24) is 0 Å². The Morgan fingerprint density at radius 1 is 1.71 bits per heavy atom. The summed E-state index contributed by atoms with van der Waals surface area (Å²) in [5, 5.41) is 0. The van der Waals surface area contributed by atoms with E-state index in [2.05, 4.69) is 5.73 Å². The summed E-state index contributed by atoms with van der Waals surface area (Å²) >= 11 is 0. The number of ether oxygens (including phenoxy) is 1. The van der Waals surface area contributed by atoms with Crippen LogP contribution in [-0.4, -0.2) is 11.8 Å². The van der Waals surface area contributed by atoms with Gasteiger partial charge in [-0.1, -0.05) is 0 Å². The largest absolute Gasteiger partial charge is 1.00 e. The van der Waals surface area contributed by atoms with Gasteiger partial charge in [-0.3, -0.25) is 0 Å². The van der Waals surface area contributed by atoms with Crippen molar-refractivity contribution in [2.75, 3.05) is 0 Å². The lowest BCUT2D eigenvalue weighted by Gasteiger charge is -1.81. The molecule has 1 rings (SSSR count). The smallest absolute Gasteiger partial charge is 0.223 e. The molecular weight excluding hydrogens is 158 g/mol. The Hall–Kier alpha value is 0.400. The molecule has 1 saturated heterocycles. The van der Waals surface area contributed by atoms with E-state index >= 15 is 0 Å². The fourth-order valence-electron chi connectivity index (χ4n) is 0.370. The van der Waals surface area contributed by atoms with Crippen LogP contribution in [0.25, 0.3) is 0 Å². The number of hydrogen-bond acceptors (Lipinski definition) is 1. The summed E-state index contributed by atoms with van der Waals surface area (Å²) in [5.74, 6) is 0. The lowest BCUT2D eigenvalue weighted by molar-refractivity contribution is -0.463. The third-order valence-electron chi connectivity index (χ3n) is 1.25. The maximum Gasteiger partial charge on any atom is 0.223 e. The van der Waals surface area contributed by atoms with Gasteiger partial charge in [-0.25, -0.2) is 0 Å². The standard InChI is InChI=1S/C4H9NO.BrH/c1-3-4(2,5)6-3;/h3H,5H2,1-2H3;1H. The minimum Gasteiger partial charge on any atom is -1.00 e. The zero-order valence-corrected chi connectivity index (χ0v) is 6.16. The van der Waals surface area contributed by atoms with Crippen molar-refractivity contribution < 1.29 is 27.5 Å². The van der Waals surface area contributed by atoms with Gasteiger partial charge >= 0.3 is 0 Å². The fraction of sp³-hybridized carbons (Fsp3) is 1.00. The van der Waals surface area contributed by atoms with Crippen molar-refractivity contribution in [3.8, 4) is 0 Å². The van der Waals surface area contributed by atoms with Gasteiger partial charge in [-0.2, -0.15) is 0 Å². The molecule has 0 amide bonds. The molecule has 1 fully saturated rings. The van der Waals surface area contributed by atoms with E-state index in [0.717, 1.165) is 0 Å². The van der Waals surface area contributed by atoms with Crippen LogP contribution in [0, 0.1) is 0 Å². The molecule has 2 nitrogen and oxygen atoms in total. The molecule has 7 heavy (non-hydrogen) atoms. The topological polar surface area (TPSA) is 40.2 Å². The molecule has 0 radical (unpaired) electrons. The molecule has 1 heterocycles. The Kier molecular flexibility index (Phi) is 1.82. The summed E-state index contributed by atoms with van der Waals surface area (Å²) in [6.45, 7) is 4.00. The number of rotatable bonds is 0. The summed E-state index contributed by atoms with van der Waals surface area (Å²) in [6.07, 6.45) is 0.387. The Morgan fingerprint density at radius 3 is 1.86 bits per heavy atom. The predicted molar refractivity (Wildman–Crippen MR) is 21.8 cm³/mol. The van der Waals surface area contributed by atoms with Gasteiger partial charge in [0.1, 0.15) is 6.10 Å². The van der Waals surface area contributed by atoms with E-state index in [4.69, 9.17) is 4.74 Å². The van der Waals surface area contributed by atoms with Crippen LogP contribution in [0.3, 0.4) is 0 Å². The van der Waals surface area contributed by atoms with Crippen molar-refractivity contribution >= 4 is 0 Å². The zero-order chi connectivity index (χ0) is 4.78. The molecule has 0 bridgehead atoms. The van der Waals surface area contributed by atoms with Crippen molar-refractivity contribution in [2.24, 2.45) is 0 Å². The van der Waals surface area contributed by atoms with E-state index in [1.165, 1.54) is 0 Å². The molecule has 0 aromatic carbocycles. The lowest BCUT2D eigenvalue weighted by Crippen LogP contribution is -3.00. The number of hydrogen-bond donors (Lipinski definition) is 1. The number of halogens is 1. The van der Waals surface area contributed by atoms with Gasteiger partial charge < -0.3 is 27.5 Å². The molecule has 0 spiro atoms. The third kappa shape index (κ3) is 1.40. The quantitative estimate of drug-likeness (QED) is 0.372. The Labute approximate surface area is 53.8 Å². The molecule has 0 aromatic heterocycles. The second kappa shape index (κ2) is 1.73. The molecule has 0 saturated carbocycles. The van der Waals surface area contributed by atoms with Gasteiger partial charge in [0.15, 0.2) is 0 Å². The van der Waals surface area contributed by atoms with Gasteiger partial charge in [-0.15, -0.1) is 0 Å². The Bertz CT molecular complexity index is 74.1. The highest BCUT2D eigenvalue weighted by atomic mass is 79.9. The second-order valence-electron chi connectivity index (χ2n) is 2.07. The Morgan fingerprint density at radius 2 is 1.86 bits per heavy atom. The molecule has 1 aliphatic heterocycles. The highest BCUT2D eigenvalue weighted by Crippen LogP contribution is 2.26. The zero-order valence-electron chi connectivity index (χ0n) is 4.57. The summed E-state index contributed by atoms with van der Waals surface area (Å²) in [4.78, 5) is 0. The van der Waals surface area contributed by atoms with Crippen molar-refractivity contribution in [3.05, 3.63) is 0 Å². The van der Waals surface area contributed by atoms with Crippen molar-refractivity contribution in [3.63, 3.8) is 0 Å². The van der Waals surface area contributed by atoms with Gasteiger partial charge in [0.05, 0.1) is 0 Å². The summed E-state index contributed by atoms with van der Waals surface area (Å²) in [5.41, 5.74) is 3.70. The first-order chi connectivity index (χ1) is 2.63. The average Bonchev–Trinajstić information content (AvgIpc) is 1.73. The maximum absolute atomic E-state index is 4.99. The minimum absolute atomic E-state index is 0. The molecule has 1 aliphatic rings. The summed E-state index contributed by atoms with van der Waals surface area (Å²) in [7, 11) is 0. The van der Waals surface area contributed by atoms with Crippen molar-refractivity contribution in [1.29, 1.82) is 0 Å². The minimum atomic E-state index is -0.0417. The van der Waals surface area contributed by atoms with Crippen LogP contribution < -0.4 is 22.7 Å². The average molecular weight is 168 g/mol. The lowest BCUT2D eigenvalue weighted by atomic mass is 10.3. The third-order valence-corrected chi connectivity index (χ3v) is 1.25. The normalized spacial score (nSPS) is 47.6. The molecule has 0 aromatic rings. The van der Waals surface area contributed by atoms with Gasteiger partial charge in [0.25, 0.3) is 0 Å². The van der Waals surface area contributed by atoms with E-state index in [1.807, 2.05) is 13.8 Å². The molecule has 3 heteroatoms. The fourth-order valence-corrected chi connectivity index (χ4v) is 0.370. The first kappa shape index (κ1) is 7.40. The number of epoxide rings is 1. The number of quaternary nitrogens is 1. The first-order valence-corrected chi connectivity index (χ1v) is 2.16. The van der Waals surface area contributed by atoms with Crippen LogP contribution in [0.15, 0.2) is 0 Å². The Balaban J connectivity index is 0.000000360. The highest BCUT2D eigenvalue weighted by Gasteiger charge is 2.49. The van der Waals surface area contributed by atoms with Crippen LogP contribution in [0.5, 0.6) is 0 Å². The van der Waals surface area contributed by atoms with Crippen LogP contribution in [0.2, 0.25) is 0 Å². The monoisotopic (exact) mass is 167 g/mol. The van der Waals surface area contributed by atoms with Crippen LogP contribution >= 0.6 is 0 Å². The van der Waals surface area contributed by atoms with Crippen LogP contribution in [0.1, 0.15) is 13.8 Å². The molecule has 2 unspecified atom stereocenters. The molecule has 0 aliphatic carbocycles. The van der Waals surface area contributed by atoms with Gasteiger partial charge in [0.2, 0.25) is 5.72 Å². The van der Waals surface area contributed by atoms with E-state index in [9.17, 15) is 0 Å². The SMILES string of the molecule is CC1OC1(C)[NH3+].[Br-]. The van der Waals surface area contributed by atoms with E-state index in [-0.39, 0.29) is 22.7 Å². The highest BCUT2D eigenvalue weighted by molar-refractivity contribution is 4.81. The second-order valence-corrected chi connectivity index (χ2v) is 2.07. The summed E-state index contributed by atoms with van der Waals surface area (Å²) < 4.78 is 4.99. The van der Waals surface area contributed by atoms with E-state index in [0.29, 0.717) is 6.10 Å². The van der Waals surface area contributed by atoms with Crippen molar-refractivity contribution in [2.45, 2.75) is 25.7 Å². The van der Waals surface area contributed by atoms with Gasteiger partial charge in [-0.05, 0) is 6.92 Å². The van der Waals surface area contributed by atoms with E-state index < -0.39 is 0 Å². The van der Waals surface area contributed by atoms with Gasteiger partial charge in [0, 0.05) is 6.92 Å². The summed E-state index contributed by atoms with van der Waals surface area (Å²) in [6, 6.07) is 0. The molecule has 44 valence electrons. The molecule has 2 atom stereocenters. The van der Waals surface area contributed by atoms with Crippen LogP contribution in [-0.2, 0) is 4.74 Å². The maximum atomic E-state index is 4.99. The molecule has 3 N–H and O–H groups in total. The predicted octanol–water partition coefficient (Wildman–Crippen LogP) is -3.63. The molecular formula is C4H10BrNO. The van der Waals surface area contributed by atoms with Crippen LogP contribution in [0.4, 0.5) is 0 Å². The van der Waals surface area contributed by atoms with E-state index in [1.54, 1.807) is 0 Å². The first-order valence-electron chi connectivity index (χ1n) is 2.16.